The van der Waals surface area contributed by atoms with Crippen LogP contribution >= 0.6 is 11.3 Å². The van der Waals surface area contributed by atoms with Gasteiger partial charge in [-0.05, 0) is 38.0 Å². The lowest BCUT2D eigenvalue weighted by atomic mass is 9.96. The first kappa shape index (κ1) is 12.4. The van der Waals surface area contributed by atoms with E-state index in [0.29, 0.717) is 0 Å². The van der Waals surface area contributed by atoms with Crippen molar-refractivity contribution in [2.75, 3.05) is 18.0 Å². The summed E-state index contributed by atoms with van der Waals surface area (Å²) < 4.78 is 0. The molecule has 1 aliphatic carbocycles. The molecule has 18 heavy (non-hydrogen) atoms. The van der Waals surface area contributed by atoms with Gasteiger partial charge in [0.25, 0.3) is 0 Å². The number of aryl methyl sites for hydroxylation is 1. The average Bonchev–Trinajstić information content (AvgIpc) is 2.84. The summed E-state index contributed by atoms with van der Waals surface area (Å²) in [5, 5.41) is 11.2. The summed E-state index contributed by atoms with van der Waals surface area (Å²) in [6.07, 6.45) is 6.69. The van der Waals surface area contributed by atoms with Gasteiger partial charge in [0.2, 0.25) is 0 Å². The van der Waals surface area contributed by atoms with Crippen LogP contribution in [0.1, 0.15) is 55.7 Å². The predicted molar refractivity (Wildman–Crippen MR) is 75.2 cm³/mol. The molecule has 0 saturated carbocycles. The standard InChI is InChI=1S/C14H22N2OS/c1-2-10-5-4-8-16(9-10)14-15-11-6-3-7-12(17)13(11)18-14/h10,12,17H,2-9H2,1H3. The van der Waals surface area contributed by atoms with Crippen LogP contribution in [0.4, 0.5) is 5.13 Å². The number of piperidine rings is 1. The van der Waals surface area contributed by atoms with Crippen LogP contribution in [0.25, 0.3) is 0 Å². The van der Waals surface area contributed by atoms with Gasteiger partial charge in [-0.1, -0.05) is 24.7 Å². The van der Waals surface area contributed by atoms with E-state index in [1.165, 1.54) is 19.3 Å². The second-order valence-electron chi connectivity index (χ2n) is 5.58. The van der Waals surface area contributed by atoms with E-state index in [1.54, 1.807) is 11.3 Å². The molecule has 0 amide bonds. The summed E-state index contributed by atoms with van der Waals surface area (Å²) in [5.74, 6) is 0.824. The Hall–Kier alpha value is -0.610. The Labute approximate surface area is 113 Å². The minimum atomic E-state index is -0.258. The van der Waals surface area contributed by atoms with Crippen molar-refractivity contribution in [3.8, 4) is 0 Å². The number of hydrogen-bond acceptors (Lipinski definition) is 4. The zero-order valence-corrected chi connectivity index (χ0v) is 11.9. The van der Waals surface area contributed by atoms with Crippen LogP contribution in [-0.2, 0) is 6.42 Å². The fourth-order valence-corrected chi connectivity index (χ4v) is 4.26. The molecule has 0 bridgehead atoms. The van der Waals surface area contributed by atoms with Crippen LogP contribution < -0.4 is 4.90 Å². The normalized spacial score (nSPS) is 28.2. The number of rotatable bonds is 2. The van der Waals surface area contributed by atoms with E-state index in [2.05, 4.69) is 11.8 Å². The first-order chi connectivity index (χ1) is 8.78. The van der Waals surface area contributed by atoms with E-state index < -0.39 is 0 Å². The molecule has 4 heteroatoms. The van der Waals surface area contributed by atoms with Gasteiger partial charge in [-0.15, -0.1) is 0 Å². The summed E-state index contributed by atoms with van der Waals surface area (Å²) in [5.41, 5.74) is 1.16. The SMILES string of the molecule is CCC1CCCN(c2nc3c(s2)C(O)CCC3)C1. The van der Waals surface area contributed by atoms with E-state index >= 15 is 0 Å². The average molecular weight is 266 g/mol. The van der Waals surface area contributed by atoms with Gasteiger partial charge in [-0.25, -0.2) is 4.98 Å². The van der Waals surface area contributed by atoms with Gasteiger partial charge in [0.15, 0.2) is 5.13 Å². The van der Waals surface area contributed by atoms with Gasteiger partial charge in [0, 0.05) is 13.1 Å². The minimum absolute atomic E-state index is 0.258. The summed E-state index contributed by atoms with van der Waals surface area (Å²) in [4.78, 5) is 8.35. The molecule has 1 aromatic rings. The lowest BCUT2D eigenvalue weighted by molar-refractivity contribution is 0.160. The topological polar surface area (TPSA) is 36.4 Å². The van der Waals surface area contributed by atoms with E-state index in [-0.39, 0.29) is 6.10 Å². The van der Waals surface area contributed by atoms with Crippen molar-refractivity contribution >= 4 is 16.5 Å². The number of thiazole rings is 1. The van der Waals surface area contributed by atoms with E-state index in [4.69, 9.17) is 4.98 Å². The molecule has 0 spiro atoms. The number of hydrogen-bond donors (Lipinski definition) is 1. The highest BCUT2D eigenvalue weighted by Gasteiger charge is 2.26. The summed E-state index contributed by atoms with van der Waals surface area (Å²) in [7, 11) is 0. The van der Waals surface area contributed by atoms with Crippen molar-refractivity contribution in [1.82, 2.24) is 4.98 Å². The molecular formula is C14H22N2OS. The third-order valence-electron chi connectivity index (χ3n) is 4.28. The molecule has 1 aromatic heterocycles. The predicted octanol–water partition coefficient (Wildman–Crippen LogP) is 3.14. The number of fused-ring (bicyclic) bond motifs is 1. The van der Waals surface area contributed by atoms with Crippen molar-refractivity contribution < 1.29 is 5.11 Å². The van der Waals surface area contributed by atoms with Crippen LogP contribution in [0, 0.1) is 5.92 Å². The summed E-state index contributed by atoms with van der Waals surface area (Å²) >= 11 is 1.73. The van der Waals surface area contributed by atoms with E-state index in [0.717, 1.165) is 54.0 Å². The molecular weight excluding hydrogens is 244 g/mol. The third kappa shape index (κ3) is 2.28. The third-order valence-corrected chi connectivity index (χ3v) is 5.54. The molecule has 0 radical (unpaired) electrons. The Balaban J connectivity index is 1.80. The highest BCUT2D eigenvalue weighted by Crippen LogP contribution is 2.38. The molecule has 1 aliphatic heterocycles. The molecule has 1 fully saturated rings. The lowest BCUT2D eigenvalue weighted by Gasteiger charge is -2.31. The van der Waals surface area contributed by atoms with Crippen molar-refractivity contribution in [2.45, 2.75) is 51.6 Å². The molecule has 100 valence electrons. The molecule has 2 atom stereocenters. The number of aromatic nitrogens is 1. The molecule has 2 unspecified atom stereocenters. The van der Waals surface area contributed by atoms with Crippen LogP contribution in [0.5, 0.6) is 0 Å². The largest absolute Gasteiger partial charge is 0.388 e. The Morgan fingerprint density at radius 1 is 1.39 bits per heavy atom. The molecule has 2 heterocycles. The fourth-order valence-electron chi connectivity index (χ4n) is 3.09. The van der Waals surface area contributed by atoms with Gasteiger partial charge in [-0.2, -0.15) is 0 Å². The number of aliphatic hydroxyl groups excluding tert-OH is 1. The zero-order valence-electron chi connectivity index (χ0n) is 11.1. The maximum absolute atomic E-state index is 10.0. The Kier molecular flexibility index (Phi) is 3.57. The van der Waals surface area contributed by atoms with Gasteiger partial charge < -0.3 is 10.0 Å². The molecule has 0 aromatic carbocycles. The second kappa shape index (κ2) is 5.17. The number of anilines is 1. The maximum Gasteiger partial charge on any atom is 0.185 e. The fraction of sp³-hybridized carbons (Fsp3) is 0.786. The van der Waals surface area contributed by atoms with Gasteiger partial charge in [0.05, 0.1) is 16.7 Å². The molecule has 1 N–H and O–H groups in total. The highest BCUT2D eigenvalue weighted by molar-refractivity contribution is 7.15. The molecule has 2 aliphatic rings. The highest BCUT2D eigenvalue weighted by atomic mass is 32.1. The van der Waals surface area contributed by atoms with E-state index in [9.17, 15) is 5.11 Å². The lowest BCUT2D eigenvalue weighted by Crippen LogP contribution is -2.35. The van der Waals surface area contributed by atoms with Crippen LogP contribution in [0.3, 0.4) is 0 Å². The Morgan fingerprint density at radius 2 is 2.28 bits per heavy atom. The number of nitrogens with zero attached hydrogens (tertiary/aromatic N) is 2. The van der Waals surface area contributed by atoms with Crippen LogP contribution in [0.15, 0.2) is 0 Å². The summed E-state index contributed by atoms with van der Waals surface area (Å²) in [6.45, 7) is 4.57. The first-order valence-electron chi connectivity index (χ1n) is 7.20. The molecule has 3 rings (SSSR count). The molecule has 3 nitrogen and oxygen atoms in total. The van der Waals surface area contributed by atoms with Crippen LogP contribution in [0.2, 0.25) is 0 Å². The van der Waals surface area contributed by atoms with Crippen molar-refractivity contribution in [2.24, 2.45) is 5.92 Å². The van der Waals surface area contributed by atoms with Crippen molar-refractivity contribution in [3.63, 3.8) is 0 Å². The second-order valence-corrected chi connectivity index (χ2v) is 6.59. The first-order valence-corrected chi connectivity index (χ1v) is 8.02. The molecule has 1 saturated heterocycles. The quantitative estimate of drug-likeness (QED) is 0.893. The minimum Gasteiger partial charge on any atom is -0.388 e. The maximum atomic E-state index is 10.0. The van der Waals surface area contributed by atoms with Gasteiger partial charge in [0.1, 0.15) is 0 Å². The van der Waals surface area contributed by atoms with Gasteiger partial charge in [-0.3, -0.25) is 0 Å². The Morgan fingerprint density at radius 3 is 3.06 bits per heavy atom. The Bertz CT molecular complexity index is 418. The number of aliphatic hydroxyl groups is 1. The monoisotopic (exact) mass is 266 g/mol. The van der Waals surface area contributed by atoms with E-state index in [1.807, 2.05) is 0 Å². The zero-order chi connectivity index (χ0) is 12.5. The van der Waals surface area contributed by atoms with Crippen LogP contribution in [-0.4, -0.2) is 23.2 Å². The van der Waals surface area contributed by atoms with Crippen molar-refractivity contribution in [1.29, 1.82) is 0 Å². The van der Waals surface area contributed by atoms with Crippen molar-refractivity contribution in [3.05, 3.63) is 10.6 Å². The van der Waals surface area contributed by atoms with Gasteiger partial charge >= 0.3 is 0 Å². The summed E-state index contributed by atoms with van der Waals surface area (Å²) in [6, 6.07) is 0. The smallest absolute Gasteiger partial charge is 0.185 e.